The molecule has 4 heteroatoms. The minimum Gasteiger partial charge on any atom is -0.457 e. The summed E-state index contributed by atoms with van der Waals surface area (Å²) in [5, 5.41) is 0. The van der Waals surface area contributed by atoms with Crippen LogP contribution in [0.25, 0.3) is 0 Å². The topological polar surface area (TPSA) is 42.4 Å². The molecule has 0 atom stereocenters. The van der Waals surface area contributed by atoms with Crippen LogP contribution in [0, 0.1) is 0 Å². The normalized spacial score (nSPS) is 13.2. The van der Waals surface area contributed by atoms with Crippen LogP contribution >= 0.6 is 0 Å². The van der Waals surface area contributed by atoms with Crippen LogP contribution in [-0.4, -0.2) is 21.8 Å². The van der Waals surface area contributed by atoms with Gasteiger partial charge >= 0.3 is 0 Å². The van der Waals surface area contributed by atoms with Gasteiger partial charge in [-0.05, 0) is 66.9 Å². The van der Waals surface area contributed by atoms with Crippen molar-refractivity contribution >= 4 is 5.91 Å². The number of nitrogens with zero attached hydrogens (tertiary/aromatic N) is 2. The highest BCUT2D eigenvalue weighted by Crippen LogP contribution is 2.30. The zero-order chi connectivity index (χ0) is 17.8. The number of hydrogen-bond donors (Lipinski definition) is 0. The molecule has 0 N–H and O–H groups in total. The van der Waals surface area contributed by atoms with Crippen molar-refractivity contribution in [3.63, 3.8) is 0 Å². The quantitative estimate of drug-likeness (QED) is 0.652. The maximum atomic E-state index is 13.0. The molecule has 130 valence electrons. The van der Waals surface area contributed by atoms with Gasteiger partial charge in [0.2, 0.25) is 0 Å². The van der Waals surface area contributed by atoms with Gasteiger partial charge in [0.1, 0.15) is 11.5 Å². The monoisotopic (exact) mass is 344 g/mol. The van der Waals surface area contributed by atoms with E-state index in [0.29, 0.717) is 18.2 Å². The maximum absolute atomic E-state index is 13.0. The van der Waals surface area contributed by atoms with Crippen LogP contribution in [0.4, 0.5) is 0 Å². The lowest BCUT2D eigenvalue weighted by atomic mass is 10.1. The first kappa shape index (κ1) is 16.3. The average Bonchev–Trinajstić information content (AvgIpc) is 3.53. The predicted molar refractivity (Wildman–Crippen MR) is 100 cm³/mol. The van der Waals surface area contributed by atoms with Crippen LogP contribution in [0.2, 0.25) is 0 Å². The van der Waals surface area contributed by atoms with Crippen molar-refractivity contribution in [1.29, 1.82) is 0 Å². The minimum absolute atomic E-state index is 0.0653. The number of carbonyl (C=O) groups excluding carboxylic acids is 1. The van der Waals surface area contributed by atoms with Crippen molar-refractivity contribution in [3.8, 4) is 11.5 Å². The molecule has 0 aliphatic heterocycles. The Labute approximate surface area is 153 Å². The molecule has 3 aromatic rings. The average molecular weight is 344 g/mol. The Morgan fingerprint density at radius 1 is 0.923 bits per heavy atom. The van der Waals surface area contributed by atoms with Gasteiger partial charge in [-0.25, -0.2) is 0 Å². The Hall–Kier alpha value is -3.14. The number of aromatic nitrogens is 1. The Balaban J connectivity index is 1.47. The van der Waals surface area contributed by atoms with E-state index < -0.39 is 0 Å². The van der Waals surface area contributed by atoms with Crippen molar-refractivity contribution in [2.45, 2.75) is 25.4 Å². The number of carbonyl (C=O) groups is 1. The van der Waals surface area contributed by atoms with Gasteiger partial charge in [-0.2, -0.15) is 0 Å². The number of para-hydroxylation sites is 1. The predicted octanol–water partition coefficient (Wildman–Crippen LogP) is 4.68. The molecule has 26 heavy (non-hydrogen) atoms. The summed E-state index contributed by atoms with van der Waals surface area (Å²) in [5.74, 6) is 1.57. The molecule has 1 aliphatic rings. The molecule has 1 aliphatic carbocycles. The standard InChI is InChI=1S/C22H20N2O2/c25-22(24(19-8-9-19)16-17-12-14-23-15-13-17)18-6-10-21(11-7-18)26-20-4-2-1-3-5-20/h1-7,10-15,19H,8-9,16H2. The summed E-state index contributed by atoms with van der Waals surface area (Å²) < 4.78 is 5.80. The first-order valence-corrected chi connectivity index (χ1v) is 8.82. The minimum atomic E-state index is 0.0653. The third-order valence-electron chi connectivity index (χ3n) is 4.43. The van der Waals surface area contributed by atoms with Gasteiger partial charge in [-0.3, -0.25) is 9.78 Å². The SMILES string of the molecule is O=C(c1ccc(Oc2ccccc2)cc1)N(Cc1ccncc1)C1CC1. The van der Waals surface area contributed by atoms with Crippen LogP contribution in [0.1, 0.15) is 28.8 Å². The number of benzene rings is 2. The number of hydrogen-bond acceptors (Lipinski definition) is 3. The highest BCUT2D eigenvalue weighted by molar-refractivity contribution is 5.94. The summed E-state index contributed by atoms with van der Waals surface area (Å²) in [7, 11) is 0. The van der Waals surface area contributed by atoms with Crippen molar-refractivity contribution in [1.82, 2.24) is 9.88 Å². The van der Waals surface area contributed by atoms with Crippen molar-refractivity contribution in [2.75, 3.05) is 0 Å². The van der Waals surface area contributed by atoms with Crippen LogP contribution in [0.3, 0.4) is 0 Å². The summed E-state index contributed by atoms with van der Waals surface area (Å²) >= 11 is 0. The van der Waals surface area contributed by atoms with E-state index >= 15 is 0 Å². The molecule has 2 aromatic carbocycles. The van der Waals surface area contributed by atoms with Gasteiger partial charge in [0.05, 0.1) is 0 Å². The first-order chi connectivity index (χ1) is 12.8. The molecule has 1 aromatic heterocycles. The third kappa shape index (κ3) is 3.91. The van der Waals surface area contributed by atoms with E-state index in [-0.39, 0.29) is 5.91 Å². The highest BCUT2D eigenvalue weighted by Gasteiger charge is 2.33. The Morgan fingerprint density at radius 2 is 1.58 bits per heavy atom. The van der Waals surface area contributed by atoms with Crippen LogP contribution in [-0.2, 0) is 6.54 Å². The summed E-state index contributed by atoms with van der Waals surface area (Å²) in [6, 6.07) is 21.2. The van der Waals surface area contributed by atoms with Crippen LogP contribution in [0.5, 0.6) is 11.5 Å². The van der Waals surface area contributed by atoms with E-state index in [2.05, 4.69) is 4.98 Å². The molecule has 0 radical (unpaired) electrons. The lowest BCUT2D eigenvalue weighted by Crippen LogP contribution is -2.32. The molecule has 4 nitrogen and oxygen atoms in total. The van der Waals surface area contributed by atoms with Crippen LogP contribution < -0.4 is 4.74 Å². The molecule has 1 fully saturated rings. The second-order valence-electron chi connectivity index (χ2n) is 6.46. The summed E-state index contributed by atoms with van der Waals surface area (Å²) in [6.07, 6.45) is 5.68. The van der Waals surface area contributed by atoms with Gasteiger partial charge in [-0.15, -0.1) is 0 Å². The third-order valence-corrected chi connectivity index (χ3v) is 4.43. The van der Waals surface area contributed by atoms with E-state index in [1.54, 1.807) is 12.4 Å². The van der Waals surface area contributed by atoms with E-state index in [1.807, 2.05) is 71.6 Å². The van der Waals surface area contributed by atoms with Crippen molar-refractivity contribution in [2.24, 2.45) is 0 Å². The Bertz CT molecular complexity index is 860. The van der Waals surface area contributed by atoms with Crippen molar-refractivity contribution in [3.05, 3.63) is 90.3 Å². The fourth-order valence-corrected chi connectivity index (χ4v) is 2.89. The highest BCUT2D eigenvalue weighted by atomic mass is 16.5. The zero-order valence-electron chi connectivity index (χ0n) is 14.4. The summed E-state index contributed by atoms with van der Waals surface area (Å²) in [5.41, 5.74) is 1.79. The largest absolute Gasteiger partial charge is 0.457 e. The Morgan fingerprint density at radius 3 is 2.23 bits per heavy atom. The molecule has 1 amide bonds. The Kier molecular flexibility index (Phi) is 4.65. The lowest BCUT2D eigenvalue weighted by molar-refractivity contribution is 0.0730. The summed E-state index contributed by atoms with van der Waals surface area (Å²) in [4.78, 5) is 19.0. The van der Waals surface area contributed by atoms with Gasteiger partial charge in [-0.1, -0.05) is 18.2 Å². The van der Waals surface area contributed by atoms with E-state index in [1.165, 1.54) is 0 Å². The van der Waals surface area contributed by atoms with Gasteiger partial charge in [0.15, 0.2) is 0 Å². The number of amides is 1. The molecule has 4 rings (SSSR count). The second-order valence-corrected chi connectivity index (χ2v) is 6.46. The molecule has 0 unspecified atom stereocenters. The maximum Gasteiger partial charge on any atom is 0.254 e. The second kappa shape index (κ2) is 7.40. The van der Waals surface area contributed by atoms with E-state index in [4.69, 9.17) is 4.74 Å². The smallest absolute Gasteiger partial charge is 0.254 e. The summed E-state index contributed by atoms with van der Waals surface area (Å²) in [6.45, 7) is 0.619. The van der Waals surface area contributed by atoms with Crippen molar-refractivity contribution < 1.29 is 9.53 Å². The first-order valence-electron chi connectivity index (χ1n) is 8.82. The van der Waals surface area contributed by atoms with E-state index in [9.17, 15) is 4.79 Å². The van der Waals surface area contributed by atoms with Gasteiger partial charge in [0.25, 0.3) is 5.91 Å². The fraction of sp³-hybridized carbons (Fsp3) is 0.182. The lowest BCUT2D eigenvalue weighted by Gasteiger charge is -2.22. The molecular weight excluding hydrogens is 324 g/mol. The molecule has 0 bridgehead atoms. The molecular formula is C22H20N2O2. The number of ether oxygens (including phenoxy) is 1. The fourth-order valence-electron chi connectivity index (χ4n) is 2.89. The molecule has 0 saturated heterocycles. The zero-order valence-corrected chi connectivity index (χ0v) is 14.4. The molecule has 1 heterocycles. The number of rotatable bonds is 6. The number of pyridine rings is 1. The van der Waals surface area contributed by atoms with Crippen LogP contribution in [0.15, 0.2) is 79.1 Å². The van der Waals surface area contributed by atoms with Gasteiger partial charge in [0, 0.05) is 30.5 Å². The molecule has 1 saturated carbocycles. The van der Waals surface area contributed by atoms with E-state index in [0.717, 1.165) is 29.9 Å². The van der Waals surface area contributed by atoms with Gasteiger partial charge < -0.3 is 9.64 Å². The molecule has 0 spiro atoms.